The maximum atomic E-state index is 2.43. The Morgan fingerprint density at radius 1 is 1.05 bits per heavy atom. The molecule has 1 radical (unpaired) electrons. The Bertz CT molecular complexity index is 412. The van der Waals surface area contributed by atoms with Gasteiger partial charge in [-0.25, -0.2) is 0 Å². The van der Waals surface area contributed by atoms with Crippen LogP contribution in [0, 0.1) is 17.8 Å². The molecule has 0 heteroatoms. The van der Waals surface area contributed by atoms with Gasteiger partial charge in [0.15, 0.2) is 0 Å². The lowest BCUT2D eigenvalue weighted by atomic mass is 9.73. The molecular formula is C21H33. The minimum absolute atomic E-state index is 0.617. The Kier molecular flexibility index (Phi) is 6.33. The smallest absolute Gasteiger partial charge is 0.00835 e. The number of hydrogen-bond acceptors (Lipinski definition) is 0. The Hall–Kier alpha value is -0.780. The fourth-order valence-corrected chi connectivity index (χ4v) is 3.82. The summed E-state index contributed by atoms with van der Waals surface area (Å²) in [5.74, 6) is 4.00. The summed E-state index contributed by atoms with van der Waals surface area (Å²) < 4.78 is 0. The predicted octanol–water partition coefficient (Wildman–Crippen LogP) is 6.75. The van der Waals surface area contributed by atoms with Crippen molar-refractivity contribution in [3.8, 4) is 0 Å². The van der Waals surface area contributed by atoms with Crippen LogP contribution in [0.3, 0.4) is 0 Å². The highest BCUT2D eigenvalue weighted by atomic mass is 14.3. The van der Waals surface area contributed by atoms with Gasteiger partial charge in [0.25, 0.3) is 0 Å². The zero-order chi connectivity index (χ0) is 15.2. The van der Waals surface area contributed by atoms with Gasteiger partial charge in [0.2, 0.25) is 0 Å². The molecule has 2 rings (SSSR count). The zero-order valence-electron chi connectivity index (χ0n) is 14.5. The van der Waals surface area contributed by atoms with Crippen molar-refractivity contribution in [2.24, 2.45) is 11.8 Å². The number of benzene rings is 1. The molecule has 0 nitrogen and oxygen atoms in total. The van der Waals surface area contributed by atoms with Crippen molar-refractivity contribution in [1.82, 2.24) is 0 Å². The van der Waals surface area contributed by atoms with Gasteiger partial charge in [-0.05, 0) is 35.3 Å². The van der Waals surface area contributed by atoms with Crippen LogP contribution in [0.15, 0.2) is 24.3 Å². The van der Waals surface area contributed by atoms with Crippen LogP contribution in [0.1, 0.15) is 89.7 Å². The van der Waals surface area contributed by atoms with E-state index in [0.29, 0.717) is 11.8 Å². The van der Waals surface area contributed by atoms with E-state index in [1.165, 1.54) is 44.9 Å². The molecule has 0 bridgehead atoms. The third-order valence-corrected chi connectivity index (χ3v) is 5.37. The summed E-state index contributed by atoms with van der Waals surface area (Å²) in [5, 5.41) is 0. The van der Waals surface area contributed by atoms with Crippen molar-refractivity contribution in [1.29, 1.82) is 0 Å². The Balaban J connectivity index is 2.23. The molecule has 1 unspecified atom stereocenters. The van der Waals surface area contributed by atoms with E-state index in [1.807, 2.05) is 0 Å². The van der Waals surface area contributed by atoms with E-state index in [9.17, 15) is 0 Å². The largest absolute Gasteiger partial charge is 0.0651 e. The maximum Gasteiger partial charge on any atom is 0.00835 e. The first-order chi connectivity index (χ1) is 10.1. The van der Waals surface area contributed by atoms with E-state index in [4.69, 9.17) is 0 Å². The van der Waals surface area contributed by atoms with Crippen LogP contribution >= 0.6 is 0 Å². The number of hydrogen-bond donors (Lipinski definition) is 0. The minimum Gasteiger partial charge on any atom is -0.0651 e. The van der Waals surface area contributed by atoms with Crippen molar-refractivity contribution in [3.05, 3.63) is 41.3 Å². The van der Waals surface area contributed by atoms with E-state index < -0.39 is 0 Å². The second-order valence-electron chi connectivity index (χ2n) is 7.28. The van der Waals surface area contributed by atoms with E-state index in [2.05, 4.69) is 52.0 Å². The molecule has 1 aliphatic carbocycles. The molecular weight excluding hydrogens is 252 g/mol. The zero-order valence-corrected chi connectivity index (χ0v) is 14.5. The Labute approximate surface area is 132 Å². The summed E-state index contributed by atoms with van der Waals surface area (Å²) in [6, 6.07) is 9.14. The minimum atomic E-state index is 0.617. The second-order valence-corrected chi connectivity index (χ2v) is 7.28. The lowest BCUT2D eigenvalue weighted by molar-refractivity contribution is 0.331. The van der Waals surface area contributed by atoms with Gasteiger partial charge in [0, 0.05) is 5.92 Å². The van der Waals surface area contributed by atoms with Crippen LogP contribution in [0.4, 0.5) is 0 Å². The molecule has 0 aromatic heterocycles. The molecule has 0 saturated heterocycles. The Morgan fingerprint density at radius 2 is 1.71 bits per heavy atom. The molecule has 0 heterocycles. The molecule has 1 atom stereocenters. The van der Waals surface area contributed by atoms with E-state index in [1.54, 1.807) is 17.0 Å². The van der Waals surface area contributed by atoms with Gasteiger partial charge in [-0.3, -0.25) is 0 Å². The lowest BCUT2D eigenvalue weighted by Gasteiger charge is -2.31. The molecule has 1 saturated carbocycles. The third kappa shape index (κ3) is 4.34. The highest BCUT2D eigenvalue weighted by molar-refractivity contribution is 5.41. The predicted molar refractivity (Wildman–Crippen MR) is 93.5 cm³/mol. The average Bonchev–Trinajstić information content (AvgIpc) is 2.53. The maximum absolute atomic E-state index is 2.43. The monoisotopic (exact) mass is 285 g/mol. The van der Waals surface area contributed by atoms with Crippen LogP contribution in [0.2, 0.25) is 0 Å². The van der Waals surface area contributed by atoms with Crippen molar-refractivity contribution in [3.63, 3.8) is 0 Å². The lowest BCUT2D eigenvalue weighted by Crippen LogP contribution is -2.18. The SMILES string of the molecule is CCC(C)[C](CC1CCCCC1)c1ccccc1C(C)C. The van der Waals surface area contributed by atoms with Crippen LogP contribution in [-0.4, -0.2) is 0 Å². The van der Waals surface area contributed by atoms with Crippen LogP contribution < -0.4 is 0 Å². The van der Waals surface area contributed by atoms with E-state index in [-0.39, 0.29) is 0 Å². The molecule has 0 amide bonds. The van der Waals surface area contributed by atoms with Crippen LogP contribution in [-0.2, 0) is 0 Å². The molecule has 1 fully saturated rings. The second kappa shape index (κ2) is 8.01. The highest BCUT2D eigenvalue weighted by Gasteiger charge is 2.26. The van der Waals surface area contributed by atoms with Crippen molar-refractivity contribution in [2.75, 3.05) is 0 Å². The van der Waals surface area contributed by atoms with Gasteiger partial charge >= 0.3 is 0 Å². The summed E-state index contributed by atoms with van der Waals surface area (Å²) in [5.41, 5.74) is 3.11. The first kappa shape index (κ1) is 16.6. The first-order valence-electron chi connectivity index (χ1n) is 9.08. The van der Waals surface area contributed by atoms with Crippen molar-refractivity contribution >= 4 is 0 Å². The van der Waals surface area contributed by atoms with E-state index in [0.717, 1.165) is 5.92 Å². The summed E-state index contributed by atoms with van der Waals surface area (Å²) >= 11 is 0. The van der Waals surface area contributed by atoms with Gasteiger partial charge < -0.3 is 0 Å². The van der Waals surface area contributed by atoms with Crippen molar-refractivity contribution < 1.29 is 0 Å². The molecule has 0 N–H and O–H groups in total. The molecule has 1 aromatic rings. The molecule has 0 spiro atoms. The molecule has 21 heavy (non-hydrogen) atoms. The number of rotatable bonds is 6. The molecule has 1 aromatic carbocycles. The van der Waals surface area contributed by atoms with E-state index >= 15 is 0 Å². The molecule has 1 aliphatic rings. The summed E-state index contributed by atoms with van der Waals surface area (Å²) in [7, 11) is 0. The highest BCUT2D eigenvalue weighted by Crippen LogP contribution is 2.39. The summed E-state index contributed by atoms with van der Waals surface area (Å²) in [6.07, 6.45) is 9.84. The van der Waals surface area contributed by atoms with Gasteiger partial charge in [0.05, 0.1) is 0 Å². The fourth-order valence-electron chi connectivity index (χ4n) is 3.82. The third-order valence-electron chi connectivity index (χ3n) is 5.37. The van der Waals surface area contributed by atoms with Gasteiger partial charge in [-0.15, -0.1) is 0 Å². The standard InChI is InChI=1S/C21H33/c1-5-17(4)21(15-18-11-7-6-8-12-18)20-14-10-9-13-19(20)16(2)3/h9-10,13-14,16-18H,5-8,11-12,15H2,1-4H3. The average molecular weight is 285 g/mol. The first-order valence-corrected chi connectivity index (χ1v) is 9.08. The van der Waals surface area contributed by atoms with Gasteiger partial charge in [-0.2, -0.15) is 0 Å². The van der Waals surface area contributed by atoms with Crippen LogP contribution in [0.5, 0.6) is 0 Å². The van der Waals surface area contributed by atoms with Crippen LogP contribution in [0.25, 0.3) is 0 Å². The molecule has 0 aliphatic heterocycles. The molecule has 117 valence electrons. The summed E-state index contributed by atoms with van der Waals surface area (Å²) in [6.45, 7) is 9.42. The summed E-state index contributed by atoms with van der Waals surface area (Å²) in [4.78, 5) is 0. The fraction of sp³-hybridized carbons (Fsp3) is 0.667. The van der Waals surface area contributed by atoms with Gasteiger partial charge in [0.1, 0.15) is 0 Å². The Morgan fingerprint density at radius 3 is 2.33 bits per heavy atom. The van der Waals surface area contributed by atoms with Crippen molar-refractivity contribution in [2.45, 2.75) is 78.6 Å². The topological polar surface area (TPSA) is 0 Å². The van der Waals surface area contributed by atoms with Gasteiger partial charge in [-0.1, -0.05) is 90.5 Å². The normalized spacial score (nSPS) is 18.4. The quantitative estimate of drug-likeness (QED) is 0.542.